The number of ether oxygens (including phenoxy) is 1. The Hall–Kier alpha value is -3.57. The summed E-state index contributed by atoms with van der Waals surface area (Å²) in [6.07, 6.45) is 0. The van der Waals surface area contributed by atoms with Crippen LogP contribution in [0.25, 0.3) is 5.76 Å². The van der Waals surface area contributed by atoms with Crippen molar-refractivity contribution < 1.29 is 19.4 Å². The van der Waals surface area contributed by atoms with E-state index in [0.717, 1.165) is 11.1 Å². The zero-order valence-corrected chi connectivity index (χ0v) is 19.6. The van der Waals surface area contributed by atoms with Gasteiger partial charge in [0.05, 0.1) is 18.7 Å². The van der Waals surface area contributed by atoms with Crippen LogP contribution < -0.4 is 9.64 Å². The summed E-state index contributed by atoms with van der Waals surface area (Å²) < 4.78 is 5.37. The molecule has 1 fully saturated rings. The molecule has 1 atom stereocenters. The average Bonchev–Trinajstić information content (AvgIpc) is 3.07. The summed E-state index contributed by atoms with van der Waals surface area (Å²) in [6.45, 7) is 5.49. The maximum atomic E-state index is 13.3. The maximum absolute atomic E-state index is 13.3. The summed E-state index contributed by atoms with van der Waals surface area (Å²) in [4.78, 5) is 28.1. The molecule has 0 spiro atoms. The van der Waals surface area contributed by atoms with E-state index in [9.17, 15) is 14.7 Å². The van der Waals surface area contributed by atoms with Gasteiger partial charge < -0.3 is 9.84 Å². The van der Waals surface area contributed by atoms with E-state index >= 15 is 0 Å². The van der Waals surface area contributed by atoms with Crippen LogP contribution in [-0.4, -0.2) is 23.9 Å². The minimum Gasteiger partial charge on any atom is -0.507 e. The second-order valence-electron chi connectivity index (χ2n) is 8.10. The molecule has 0 aromatic heterocycles. The van der Waals surface area contributed by atoms with Crippen LogP contribution in [0.5, 0.6) is 5.75 Å². The molecule has 4 rings (SSSR count). The number of hydrogen-bond acceptors (Lipinski definition) is 4. The van der Waals surface area contributed by atoms with Gasteiger partial charge in [0.15, 0.2) is 0 Å². The third-order valence-corrected chi connectivity index (χ3v) is 6.46. The van der Waals surface area contributed by atoms with Crippen LogP contribution in [0.4, 0.5) is 5.69 Å². The Morgan fingerprint density at radius 2 is 1.67 bits per heavy atom. The summed E-state index contributed by atoms with van der Waals surface area (Å²) in [5, 5.41) is 11.9. The van der Waals surface area contributed by atoms with Crippen molar-refractivity contribution >= 4 is 34.7 Å². The summed E-state index contributed by atoms with van der Waals surface area (Å²) in [7, 11) is 1.58. The number of methoxy groups -OCH3 is 1. The molecular weight excluding hydrogens is 438 g/mol. The number of aliphatic hydroxyl groups is 1. The van der Waals surface area contributed by atoms with Gasteiger partial charge in [-0.25, -0.2) is 0 Å². The van der Waals surface area contributed by atoms with Gasteiger partial charge in [0.1, 0.15) is 11.5 Å². The predicted octanol–water partition coefficient (Wildman–Crippen LogP) is 5.90. The van der Waals surface area contributed by atoms with Crippen LogP contribution in [0.1, 0.15) is 33.9 Å². The molecule has 1 heterocycles. The number of hydrogen-bond donors (Lipinski definition) is 1. The third kappa shape index (κ3) is 3.79. The Morgan fingerprint density at radius 1 is 0.970 bits per heavy atom. The Labute approximate surface area is 197 Å². The number of ketones is 1. The molecular formula is C27H24ClNO4. The minimum absolute atomic E-state index is 0.0400. The molecule has 1 N–H and O–H groups in total. The standard InChI is InChI=1S/C27H24ClNO4/c1-15-14-22(33-4)16(2)13-19(15)25(30)23-24(18-9-6-5-7-10-18)29(27(32)26(23)31)21-12-8-11-20(28)17(21)3/h5-14,24,30H,1-4H3/b25-23+. The number of halogens is 1. The van der Waals surface area contributed by atoms with E-state index in [4.69, 9.17) is 16.3 Å². The average molecular weight is 462 g/mol. The van der Waals surface area contributed by atoms with Gasteiger partial charge in [-0.05, 0) is 67.3 Å². The molecule has 0 aliphatic carbocycles. The molecule has 168 valence electrons. The number of aliphatic hydroxyl groups excluding tert-OH is 1. The van der Waals surface area contributed by atoms with Crippen molar-refractivity contribution in [2.75, 3.05) is 12.0 Å². The first kappa shape index (κ1) is 22.6. The van der Waals surface area contributed by atoms with Gasteiger partial charge in [-0.15, -0.1) is 0 Å². The summed E-state index contributed by atoms with van der Waals surface area (Å²) in [5.74, 6) is -0.987. The lowest BCUT2D eigenvalue weighted by Gasteiger charge is -2.27. The monoisotopic (exact) mass is 461 g/mol. The fraction of sp³-hybridized carbons (Fsp3) is 0.185. The topological polar surface area (TPSA) is 66.8 Å². The van der Waals surface area contributed by atoms with E-state index < -0.39 is 17.7 Å². The number of benzene rings is 3. The van der Waals surface area contributed by atoms with Gasteiger partial charge in [0.2, 0.25) is 0 Å². The fourth-order valence-corrected chi connectivity index (χ4v) is 4.47. The number of Topliss-reactive ketones (excluding diaryl/α,β-unsaturated/α-hetero) is 1. The van der Waals surface area contributed by atoms with Crippen molar-refractivity contribution in [2.45, 2.75) is 26.8 Å². The van der Waals surface area contributed by atoms with Crippen LogP contribution in [0, 0.1) is 20.8 Å². The molecule has 1 aliphatic rings. The molecule has 3 aromatic carbocycles. The molecule has 33 heavy (non-hydrogen) atoms. The van der Waals surface area contributed by atoms with Crippen molar-refractivity contribution in [2.24, 2.45) is 0 Å². The molecule has 1 saturated heterocycles. The number of anilines is 1. The van der Waals surface area contributed by atoms with E-state index in [1.807, 2.05) is 44.2 Å². The van der Waals surface area contributed by atoms with E-state index in [-0.39, 0.29) is 11.3 Å². The number of carbonyl (C=O) groups is 2. The summed E-state index contributed by atoms with van der Waals surface area (Å²) in [6, 6.07) is 17.2. The van der Waals surface area contributed by atoms with Gasteiger partial charge in [0, 0.05) is 16.3 Å². The first-order chi connectivity index (χ1) is 15.8. The Bertz CT molecular complexity index is 1300. The van der Waals surface area contributed by atoms with Crippen LogP contribution in [-0.2, 0) is 9.59 Å². The highest BCUT2D eigenvalue weighted by Gasteiger charge is 2.47. The number of amides is 1. The lowest BCUT2D eigenvalue weighted by atomic mass is 9.93. The molecule has 1 aliphatic heterocycles. The Morgan fingerprint density at radius 3 is 2.33 bits per heavy atom. The SMILES string of the molecule is COc1cc(C)c(/C(O)=C2\C(=O)C(=O)N(c3cccc(Cl)c3C)C2c2ccccc2)cc1C. The summed E-state index contributed by atoms with van der Waals surface area (Å²) in [5.41, 5.74) is 3.97. The van der Waals surface area contributed by atoms with Crippen LogP contribution in [0.15, 0.2) is 66.2 Å². The quantitative estimate of drug-likeness (QED) is 0.298. The molecule has 6 heteroatoms. The summed E-state index contributed by atoms with van der Waals surface area (Å²) >= 11 is 6.34. The molecule has 1 unspecified atom stereocenters. The number of rotatable bonds is 4. The molecule has 5 nitrogen and oxygen atoms in total. The van der Waals surface area contributed by atoms with Gasteiger partial charge >= 0.3 is 0 Å². The number of aryl methyl sites for hydroxylation is 2. The smallest absolute Gasteiger partial charge is 0.300 e. The third-order valence-electron chi connectivity index (χ3n) is 6.06. The van der Waals surface area contributed by atoms with Crippen molar-refractivity contribution in [3.63, 3.8) is 0 Å². The Balaban J connectivity index is 2.00. The van der Waals surface area contributed by atoms with Gasteiger partial charge in [-0.2, -0.15) is 0 Å². The molecule has 0 saturated carbocycles. The van der Waals surface area contributed by atoms with E-state index in [1.165, 1.54) is 4.90 Å². The van der Waals surface area contributed by atoms with E-state index in [0.29, 0.717) is 33.1 Å². The molecule has 3 aromatic rings. The van der Waals surface area contributed by atoms with Crippen molar-refractivity contribution in [3.05, 3.63) is 99.1 Å². The zero-order chi connectivity index (χ0) is 23.9. The maximum Gasteiger partial charge on any atom is 0.300 e. The Kier molecular flexibility index (Phi) is 6.00. The lowest BCUT2D eigenvalue weighted by molar-refractivity contribution is -0.132. The van der Waals surface area contributed by atoms with Crippen LogP contribution in [0.3, 0.4) is 0 Å². The van der Waals surface area contributed by atoms with Crippen LogP contribution >= 0.6 is 11.6 Å². The molecule has 0 bridgehead atoms. The van der Waals surface area contributed by atoms with Crippen LogP contribution in [0.2, 0.25) is 5.02 Å². The predicted molar refractivity (Wildman–Crippen MR) is 130 cm³/mol. The first-order valence-electron chi connectivity index (χ1n) is 10.5. The number of carbonyl (C=O) groups excluding carboxylic acids is 2. The van der Waals surface area contributed by atoms with E-state index in [2.05, 4.69) is 0 Å². The molecule has 1 amide bonds. The fourth-order valence-electron chi connectivity index (χ4n) is 4.30. The van der Waals surface area contributed by atoms with Crippen molar-refractivity contribution in [3.8, 4) is 5.75 Å². The van der Waals surface area contributed by atoms with E-state index in [1.54, 1.807) is 44.4 Å². The van der Waals surface area contributed by atoms with Gasteiger partial charge in [0.25, 0.3) is 11.7 Å². The second kappa shape index (κ2) is 8.75. The van der Waals surface area contributed by atoms with Crippen molar-refractivity contribution in [1.82, 2.24) is 0 Å². The van der Waals surface area contributed by atoms with Crippen molar-refractivity contribution in [1.29, 1.82) is 0 Å². The van der Waals surface area contributed by atoms with Gasteiger partial charge in [-0.3, -0.25) is 14.5 Å². The highest BCUT2D eigenvalue weighted by molar-refractivity contribution is 6.52. The highest BCUT2D eigenvalue weighted by Crippen LogP contribution is 2.44. The molecule has 0 radical (unpaired) electrons. The second-order valence-corrected chi connectivity index (χ2v) is 8.51. The minimum atomic E-state index is -0.801. The highest BCUT2D eigenvalue weighted by atomic mass is 35.5. The largest absolute Gasteiger partial charge is 0.507 e. The normalized spacial score (nSPS) is 17.5. The lowest BCUT2D eigenvalue weighted by Crippen LogP contribution is -2.30. The first-order valence-corrected chi connectivity index (χ1v) is 10.9. The van der Waals surface area contributed by atoms with Gasteiger partial charge in [-0.1, -0.05) is 48.0 Å². The number of nitrogens with zero attached hydrogens (tertiary/aromatic N) is 1. The zero-order valence-electron chi connectivity index (χ0n) is 18.8.